The highest BCUT2D eigenvalue weighted by Gasteiger charge is 2.63. The van der Waals surface area contributed by atoms with Gasteiger partial charge >= 0.3 is 0 Å². The van der Waals surface area contributed by atoms with Crippen molar-refractivity contribution in [2.45, 2.75) is 95.4 Å². The van der Waals surface area contributed by atoms with Crippen molar-refractivity contribution in [3.05, 3.63) is 18.0 Å². The molecule has 0 aliphatic heterocycles. The third-order valence-electron chi connectivity index (χ3n) is 10.8. The van der Waals surface area contributed by atoms with E-state index >= 15 is 0 Å². The van der Waals surface area contributed by atoms with E-state index < -0.39 is 0 Å². The number of fused-ring (bicyclic) bond motifs is 5. The van der Waals surface area contributed by atoms with E-state index in [1.54, 1.807) is 6.20 Å². The van der Waals surface area contributed by atoms with Gasteiger partial charge in [-0.2, -0.15) is 10.4 Å². The molecule has 1 unspecified atom stereocenters. The molecule has 4 heteroatoms. The van der Waals surface area contributed by atoms with Gasteiger partial charge in [-0.25, -0.2) is 0 Å². The van der Waals surface area contributed by atoms with Gasteiger partial charge in [-0.1, -0.05) is 63.1 Å². The van der Waals surface area contributed by atoms with Crippen LogP contribution < -0.4 is 0 Å². The summed E-state index contributed by atoms with van der Waals surface area (Å²) in [6.07, 6.45) is 16.7. The molecule has 4 fully saturated rings. The van der Waals surface area contributed by atoms with Crippen molar-refractivity contribution in [1.82, 2.24) is 9.78 Å². The van der Waals surface area contributed by atoms with Crippen LogP contribution in [0.4, 0.5) is 0 Å². The summed E-state index contributed by atoms with van der Waals surface area (Å²) in [4.78, 5) is 0. The summed E-state index contributed by atoms with van der Waals surface area (Å²) >= 11 is 3.03. The first-order valence-corrected chi connectivity index (χ1v) is 14.5. The van der Waals surface area contributed by atoms with Gasteiger partial charge in [-0.05, 0) is 97.7 Å². The number of hydrogen-bond donors (Lipinski definition) is 0. The molecular weight excluding hydrogens is 505 g/mol. The molecule has 0 N–H and O–H groups in total. The number of alkyl halides is 1. The Morgan fingerprint density at radius 3 is 2.75 bits per heavy atom. The molecule has 0 spiro atoms. The number of hydrogen-bond acceptors (Lipinski definition) is 2. The number of rotatable bonds is 3. The molecule has 5 rings (SSSR count). The fourth-order valence-electron chi connectivity index (χ4n) is 9.70. The van der Waals surface area contributed by atoms with Crippen LogP contribution in [0, 0.1) is 64.1 Å². The summed E-state index contributed by atoms with van der Waals surface area (Å²) < 4.78 is 2.53. The average molecular weight is 548 g/mol. The van der Waals surface area contributed by atoms with Crippen LogP contribution in [0.1, 0.15) is 91.0 Å². The molecule has 0 saturated heterocycles. The van der Waals surface area contributed by atoms with Gasteiger partial charge in [0.25, 0.3) is 0 Å². The Labute approximate surface area is 209 Å². The zero-order valence-corrected chi connectivity index (χ0v) is 22.7. The fourth-order valence-corrected chi connectivity index (χ4v) is 12.1. The van der Waals surface area contributed by atoms with Crippen LogP contribution in [0.3, 0.4) is 0 Å². The summed E-state index contributed by atoms with van der Waals surface area (Å²) in [6.45, 7) is 11.2. The van der Waals surface area contributed by atoms with Crippen LogP contribution in [-0.4, -0.2) is 13.2 Å². The van der Waals surface area contributed by atoms with Crippen molar-refractivity contribution in [2.24, 2.45) is 52.8 Å². The summed E-state index contributed by atoms with van der Waals surface area (Å²) in [5.41, 5.74) is 1.12. The Kier molecular flexibility index (Phi) is 6.22. The lowest BCUT2D eigenvalue weighted by Gasteiger charge is -2.66. The summed E-state index contributed by atoms with van der Waals surface area (Å²) in [6, 6.07) is 2.24. The minimum absolute atomic E-state index is 0.439. The van der Waals surface area contributed by atoms with E-state index in [2.05, 4.69) is 61.5 Å². The maximum atomic E-state index is 9.19. The minimum atomic E-state index is 0.439. The van der Waals surface area contributed by atoms with Crippen molar-refractivity contribution >= 4 is 22.6 Å². The van der Waals surface area contributed by atoms with Gasteiger partial charge in [0.2, 0.25) is 0 Å². The summed E-state index contributed by atoms with van der Waals surface area (Å²) in [5.74, 6) is 6.97. The molecule has 10 atom stereocenters. The lowest BCUT2D eigenvalue weighted by atomic mass is 9.42. The average Bonchev–Trinajstić information content (AvgIpc) is 3.20. The van der Waals surface area contributed by atoms with Gasteiger partial charge in [0.15, 0.2) is 0 Å². The topological polar surface area (TPSA) is 41.6 Å². The molecule has 1 heterocycles. The fraction of sp³-hybridized carbons (Fsp3) is 0.857. The molecule has 4 aliphatic rings. The van der Waals surface area contributed by atoms with E-state index in [0.717, 1.165) is 48.0 Å². The van der Waals surface area contributed by atoms with Crippen LogP contribution in [-0.2, 0) is 6.54 Å². The SMILES string of the molecule is C[C@H]1CC[C@H]2[C@H](CC[C@]3(I)[C@@H]2CC[C@]2(C)C([C@H](C)Cn4cc(C#N)cn4)CC[C@@H](C)[C@@H]32)C1. The molecule has 1 aromatic heterocycles. The van der Waals surface area contributed by atoms with E-state index in [-0.39, 0.29) is 0 Å². The van der Waals surface area contributed by atoms with Gasteiger partial charge in [0.1, 0.15) is 6.07 Å². The van der Waals surface area contributed by atoms with Gasteiger partial charge in [0.05, 0.1) is 11.8 Å². The Hall–Kier alpha value is -0.570. The van der Waals surface area contributed by atoms with Crippen LogP contribution >= 0.6 is 22.6 Å². The van der Waals surface area contributed by atoms with E-state index in [4.69, 9.17) is 0 Å². The zero-order chi connectivity index (χ0) is 22.7. The highest BCUT2D eigenvalue weighted by molar-refractivity contribution is 14.1. The van der Waals surface area contributed by atoms with E-state index in [9.17, 15) is 5.26 Å². The molecule has 4 aliphatic carbocycles. The monoisotopic (exact) mass is 547 g/mol. The maximum absolute atomic E-state index is 9.19. The molecule has 0 amide bonds. The highest BCUT2D eigenvalue weighted by atomic mass is 127. The Morgan fingerprint density at radius 1 is 1.19 bits per heavy atom. The number of nitriles is 1. The summed E-state index contributed by atoms with van der Waals surface area (Å²) in [7, 11) is 0. The maximum Gasteiger partial charge on any atom is 0.102 e. The lowest BCUT2D eigenvalue weighted by molar-refractivity contribution is -0.120. The molecule has 1 aromatic rings. The third-order valence-corrected chi connectivity index (χ3v) is 12.8. The van der Waals surface area contributed by atoms with Gasteiger partial charge in [-0.15, -0.1) is 0 Å². The highest BCUT2D eigenvalue weighted by Crippen LogP contribution is 2.69. The van der Waals surface area contributed by atoms with Crippen molar-refractivity contribution in [3.63, 3.8) is 0 Å². The van der Waals surface area contributed by atoms with E-state index in [1.807, 2.05) is 10.9 Å². The Balaban J connectivity index is 1.41. The third kappa shape index (κ3) is 3.68. The number of aromatic nitrogens is 2. The molecule has 0 bridgehead atoms. The molecular formula is C28H42IN3. The minimum Gasteiger partial charge on any atom is -0.271 e. The van der Waals surface area contributed by atoms with Crippen molar-refractivity contribution in [1.29, 1.82) is 5.26 Å². The molecule has 3 nitrogen and oxygen atoms in total. The number of halogens is 1. The predicted octanol–water partition coefficient (Wildman–Crippen LogP) is 7.49. The van der Waals surface area contributed by atoms with Crippen LogP contribution in [0.5, 0.6) is 0 Å². The quantitative estimate of drug-likeness (QED) is 0.291. The molecule has 4 saturated carbocycles. The van der Waals surface area contributed by atoms with Crippen LogP contribution in [0.2, 0.25) is 0 Å². The molecule has 176 valence electrons. The van der Waals surface area contributed by atoms with Crippen LogP contribution in [0.15, 0.2) is 12.4 Å². The molecule has 0 radical (unpaired) electrons. The Bertz CT molecular complexity index is 872. The smallest absolute Gasteiger partial charge is 0.102 e. The van der Waals surface area contributed by atoms with Crippen molar-refractivity contribution < 1.29 is 0 Å². The molecule has 32 heavy (non-hydrogen) atoms. The number of nitrogens with zero attached hydrogens (tertiary/aromatic N) is 3. The molecule has 0 aromatic carbocycles. The van der Waals surface area contributed by atoms with Crippen molar-refractivity contribution in [2.75, 3.05) is 0 Å². The van der Waals surface area contributed by atoms with E-state index in [1.165, 1.54) is 57.8 Å². The summed E-state index contributed by atoms with van der Waals surface area (Å²) in [5, 5.41) is 13.7. The van der Waals surface area contributed by atoms with Gasteiger partial charge < -0.3 is 0 Å². The van der Waals surface area contributed by atoms with Crippen LogP contribution in [0.25, 0.3) is 0 Å². The van der Waals surface area contributed by atoms with Crippen molar-refractivity contribution in [3.8, 4) is 6.07 Å². The second kappa shape index (κ2) is 8.58. The lowest BCUT2D eigenvalue weighted by Crippen LogP contribution is -2.63. The Morgan fingerprint density at radius 2 is 2.00 bits per heavy atom. The van der Waals surface area contributed by atoms with Gasteiger partial charge in [-0.3, -0.25) is 4.68 Å². The second-order valence-corrected chi connectivity index (χ2v) is 14.6. The first-order valence-electron chi connectivity index (χ1n) is 13.4. The van der Waals surface area contributed by atoms with Gasteiger partial charge in [0, 0.05) is 16.2 Å². The zero-order valence-electron chi connectivity index (χ0n) is 20.6. The normalized spacial score (nSPS) is 46.9. The van der Waals surface area contributed by atoms with E-state index in [0.29, 0.717) is 20.3 Å². The second-order valence-electron chi connectivity index (χ2n) is 12.6. The predicted molar refractivity (Wildman–Crippen MR) is 138 cm³/mol. The largest absolute Gasteiger partial charge is 0.271 e. The standard InChI is InChI=1S/C28H42IN3/c1-18-5-7-23-22(13-18)9-12-28(29)25(23)10-11-27(4)24(8-6-19(2)26(27)28)20(3)16-32-17-21(14-30)15-31-32/h15,17-20,22-26H,5-13,16H2,1-4H3/t18-,19+,20+,22+,23-,24?,25+,26+,27+,28-/m0/s1. The first kappa shape index (κ1) is 23.2. The first-order chi connectivity index (χ1) is 15.3.